The monoisotopic (exact) mass is 346 g/mol. The van der Waals surface area contributed by atoms with Crippen LogP contribution < -0.4 is 0 Å². The van der Waals surface area contributed by atoms with Crippen molar-refractivity contribution in [3.05, 3.63) is 23.8 Å². The van der Waals surface area contributed by atoms with Gasteiger partial charge in [0, 0.05) is 13.0 Å². The van der Waals surface area contributed by atoms with Crippen molar-refractivity contribution in [1.82, 2.24) is 0 Å². The molecule has 1 aliphatic carbocycles. The number of ether oxygens (including phenoxy) is 2. The van der Waals surface area contributed by atoms with E-state index < -0.39 is 0 Å². The average Bonchev–Trinajstić information content (AvgIpc) is 3.35. The lowest BCUT2D eigenvalue weighted by Crippen LogP contribution is -2.22. The van der Waals surface area contributed by atoms with Crippen LogP contribution in [0.25, 0.3) is 0 Å². The summed E-state index contributed by atoms with van der Waals surface area (Å²) in [5, 5.41) is 0. The number of carbonyl (C=O) groups excluding carboxylic acids is 1. The highest BCUT2D eigenvalue weighted by atomic mass is 16.5. The van der Waals surface area contributed by atoms with Crippen LogP contribution in [0.5, 0.6) is 0 Å². The summed E-state index contributed by atoms with van der Waals surface area (Å²) in [6.45, 7) is 10.7. The Labute approximate surface area is 153 Å². The molecule has 1 fully saturated rings. The van der Waals surface area contributed by atoms with Crippen molar-refractivity contribution >= 4 is 5.97 Å². The fourth-order valence-corrected chi connectivity index (χ4v) is 2.48. The Hall–Kier alpha value is -1.69. The van der Waals surface area contributed by atoms with Gasteiger partial charge in [0.25, 0.3) is 0 Å². The molecular weight excluding hydrogens is 312 g/mol. The highest BCUT2D eigenvalue weighted by molar-refractivity contribution is 5.83. The SMILES string of the molecule is CC#COC(C)(C)CCCC(C)C/C=C/C(C)=C/C(=O)OCC1CC1. The van der Waals surface area contributed by atoms with Crippen LogP contribution in [0.1, 0.15) is 73.1 Å². The van der Waals surface area contributed by atoms with Gasteiger partial charge in [-0.05, 0) is 70.3 Å². The van der Waals surface area contributed by atoms with Gasteiger partial charge in [-0.3, -0.25) is 0 Å². The van der Waals surface area contributed by atoms with E-state index in [9.17, 15) is 4.79 Å². The van der Waals surface area contributed by atoms with E-state index in [1.54, 1.807) is 13.0 Å². The Kier molecular flexibility index (Phi) is 9.42. The smallest absolute Gasteiger partial charge is 0.331 e. The minimum absolute atomic E-state index is 0.182. The summed E-state index contributed by atoms with van der Waals surface area (Å²) in [5.74, 6) is 3.77. The van der Waals surface area contributed by atoms with Gasteiger partial charge in [-0.2, -0.15) is 0 Å². The molecule has 3 nitrogen and oxygen atoms in total. The van der Waals surface area contributed by atoms with E-state index in [1.807, 2.05) is 13.0 Å². The van der Waals surface area contributed by atoms with Gasteiger partial charge in [0.05, 0.1) is 6.61 Å². The van der Waals surface area contributed by atoms with Gasteiger partial charge in [-0.1, -0.05) is 31.4 Å². The van der Waals surface area contributed by atoms with Crippen molar-refractivity contribution in [3.8, 4) is 12.0 Å². The number of rotatable bonds is 11. The highest BCUT2D eigenvalue weighted by Crippen LogP contribution is 2.28. The van der Waals surface area contributed by atoms with Crippen LogP contribution in [0.2, 0.25) is 0 Å². The van der Waals surface area contributed by atoms with Gasteiger partial charge in [-0.15, -0.1) is 0 Å². The molecule has 0 N–H and O–H groups in total. The average molecular weight is 347 g/mol. The van der Waals surface area contributed by atoms with E-state index in [1.165, 1.54) is 12.8 Å². The van der Waals surface area contributed by atoms with Gasteiger partial charge in [0.1, 0.15) is 11.7 Å². The molecule has 0 aromatic carbocycles. The first-order valence-electron chi connectivity index (χ1n) is 9.43. The first-order chi connectivity index (χ1) is 11.8. The van der Waals surface area contributed by atoms with E-state index in [0.29, 0.717) is 18.4 Å². The quantitative estimate of drug-likeness (QED) is 0.217. The fraction of sp³-hybridized carbons (Fsp3) is 0.682. The van der Waals surface area contributed by atoms with Crippen LogP contribution in [0.15, 0.2) is 23.8 Å². The number of carbonyl (C=O) groups is 1. The van der Waals surface area contributed by atoms with Crippen LogP contribution in [0.3, 0.4) is 0 Å². The molecule has 0 aliphatic heterocycles. The lowest BCUT2D eigenvalue weighted by molar-refractivity contribution is -0.138. The summed E-state index contributed by atoms with van der Waals surface area (Å²) < 4.78 is 10.7. The molecule has 1 saturated carbocycles. The molecule has 0 saturated heterocycles. The van der Waals surface area contributed by atoms with E-state index >= 15 is 0 Å². The maximum atomic E-state index is 11.6. The predicted molar refractivity (Wildman–Crippen MR) is 103 cm³/mol. The van der Waals surface area contributed by atoms with Crippen LogP contribution in [0.4, 0.5) is 0 Å². The van der Waals surface area contributed by atoms with Gasteiger partial charge < -0.3 is 9.47 Å². The van der Waals surface area contributed by atoms with Crippen LogP contribution in [-0.2, 0) is 14.3 Å². The largest absolute Gasteiger partial charge is 0.462 e. The van der Waals surface area contributed by atoms with E-state index in [-0.39, 0.29) is 11.6 Å². The van der Waals surface area contributed by atoms with Crippen molar-refractivity contribution in [1.29, 1.82) is 0 Å². The van der Waals surface area contributed by atoms with Crippen molar-refractivity contribution < 1.29 is 14.3 Å². The summed E-state index contributed by atoms with van der Waals surface area (Å²) >= 11 is 0. The number of hydrogen-bond acceptors (Lipinski definition) is 3. The number of allylic oxidation sites excluding steroid dienone is 3. The van der Waals surface area contributed by atoms with Gasteiger partial charge in [0.15, 0.2) is 0 Å². The van der Waals surface area contributed by atoms with Crippen molar-refractivity contribution in [3.63, 3.8) is 0 Å². The molecule has 1 aliphatic rings. The first-order valence-corrected chi connectivity index (χ1v) is 9.43. The first kappa shape index (κ1) is 21.4. The third-order valence-electron chi connectivity index (χ3n) is 4.33. The normalized spacial score (nSPS) is 16.3. The number of hydrogen-bond donors (Lipinski definition) is 0. The van der Waals surface area contributed by atoms with E-state index in [0.717, 1.165) is 31.3 Å². The molecule has 1 atom stereocenters. The van der Waals surface area contributed by atoms with E-state index in [4.69, 9.17) is 9.47 Å². The van der Waals surface area contributed by atoms with Crippen LogP contribution >= 0.6 is 0 Å². The predicted octanol–water partition coefficient (Wildman–Crippen LogP) is 5.41. The Morgan fingerprint density at radius 1 is 1.36 bits per heavy atom. The minimum atomic E-state index is -0.223. The molecule has 1 unspecified atom stereocenters. The van der Waals surface area contributed by atoms with Gasteiger partial charge >= 0.3 is 5.97 Å². The Morgan fingerprint density at radius 3 is 2.72 bits per heavy atom. The van der Waals surface area contributed by atoms with Crippen molar-refractivity contribution in [2.75, 3.05) is 6.61 Å². The lowest BCUT2D eigenvalue weighted by Gasteiger charge is -2.22. The molecule has 0 bridgehead atoms. The highest BCUT2D eigenvalue weighted by Gasteiger charge is 2.22. The fourth-order valence-electron chi connectivity index (χ4n) is 2.48. The van der Waals surface area contributed by atoms with Gasteiger partial charge in [0.2, 0.25) is 0 Å². The summed E-state index contributed by atoms with van der Waals surface area (Å²) in [5.41, 5.74) is 0.763. The number of esters is 1. The summed E-state index contributed by atoms with van der Waals surface area (Å²) in [6, 6.07) is 0. The molecule has 3 heteroatoms. The molecule has 0 aromatic rings. The zero-order valence-electron chi connectivity index (χ0n) is 16.6. The maximum absolute atomic E-state index is 11.6. The summed E-state index contributed by atoms with van der Waals surface area (Å²) in [7, 11) is 0. The maximum Gasteiger partial charge on any atom is 0.331 e. The van der Waals surface area contributed by atoms with Gasteiger partial charge in [-0.25, -0.2) is 4.79 Å². The molecule has 25 heavy (non-hydrogen) atoms. The second-order valence-corrected chi connectivity index (χ2v) is 7.81. The van der Waals surface area contributed by atoms with Crippen molar-refractivity contribution in [2.45, 2.75) is 78.7 Å². The summed E-state index contributed by atoms with van der Waals surface area (Å²) in [6.07, 6.45) is 15.1. The van der Waals surface area contributed by atoms with Crippen LogP contribution in [-0.4, -0.2) is 18.2 Å². The second kappa shape index (κ2) is 11.0. The molecular formula is C22H34O3. The molecule has 0 heterocycles. The molecule has 0 radical (unpaired) electrons. The van der Waals surface area contributed by atoms with E-state index in [2.05, 4.69) is 38.9 Å². The Balaban J connectivity index is 2.20. The topological polar surface area (TPSA) is 35.5 Å². The molecule has 0 aromatic heterocycles. The molecule has 0 amide bonds. The molecule has 1 rings (SSSR count). The summed E-state index contributed by atoms with van der Waals surface area (Å²) in [4.78, 5) is 11.6. The lowest BCUT2D eigenvalue weighted by atomic mass is 9.95. The Bertz CT molecular complexity index is 527. The Morgan fingerprint density at radius 2 is 2.08 bits per heavy atom. The zero-order chi connectivity index (χ0) is 18.7. The zero-order valence-corrected chi connectivity index (χ0v) is 16.6. The van der Waals surface area contributed by atoms with Crippen molar-refractivity contribution in [2.24, 2.45) is 11.8 Å². The molecule has 0 spiro atoms. The van der Waals surface area contributed by atoms with Crippen LogP contribution in [0, 0.1) is 23.9 Å². The second-order valence-electron chi connectivity index (χ2n) is 7.81. The molecule has 140 valence electrons. The minimum Gasteiger partial charge on any atom is -0.462 e. The standard InChI is InChI=1S/C22H34O3/c1-6-15-25-22(4,5)14-8-11-18(2)9-7-10-19(3)16-21(23)24-17-20-12-13-20/h7,10,16,18,20H,8-9,11-14,17H2,1-5H3/b10-7+,19-16+. The third kappa shape index (κ3) is 11.5. The third-order valence-corrected chi connectivity index (χ3v) is 4.33.